The zero-order valence-corrected chi connectivity index (χ0v) is 9.50. The molecule has 0 aromatic rings. The van der Waals surface area contributed by atoms with Crippen molar-refractivity contribution in [1.82, 2.24) is 0 Å². The maximum absolute atomic E-state index is 4.85. The maximum atomic E-state index is 4.85. The molecule has 0 aromatic carbocycles. The average Bonchev–Trinajstić information content (AvgIpc) is 1.61. The van der Waals surface area contributed by atoms with Crippen molar-refractivity contribution in [3.63, 3.8) is 0 Å². The first-order valence-corrected chi connectivity index (χ1v) is 5.00. The van der Waals surface area contributed by atoms with Crippen LogP contribution in [0.3, 0.4) is 0 Å². The molecule has 0 bridgehead atoms. The molecule has 0 rings (SSSR count). The summed E-state index contributed by atoms with van der Waals surface area (Å²) in [5, 5.41) is 0. The van der Waals surface area contributed by atoms with Crippen LogP contribution in [0.2, 0.25) is 0 Å². The molecule has 0 aliphatic heterocycles. The summed E-state index contributed by atoms with van der Waals surface area (Å²) in [4.78, 5) is 0. The molecule has 0 unspecified atom stereocenters. The molecular weight excluding hydrogens is 171 g/mol. The van der Waals surface area contributed by atoms with Gasteiger partial charge >= 0.3 is 29.6 Å². The van der Waals surface area contributed by atoms with Crippen LogP contribution >= 0.6 is 0 Å². The van der Waals surface area contributed by atoms with E-state index < -0.39 is 8.29 Å². The van der Waals surface area contributed by atoms with Crippen LogP contribution in [-0.2, 0) is 34.9 Å². The Morgan fingerprint density at radius 2 is 2.12 bits per heavy atom. The Kier molecular flexibility index (Phi) is 13.6. The van der Waals surface area contributed by atoms with E-state index in [2.05, 4.69) is 22.4 Å². The third-order valence-corrected chi connectivity index (χ3v) is 1.32. The normalized spacial score (nSPS) is 8.75. The zero-order chi connectivity index (χ0) is 5.70. The summed E-state index contributed by atoms with van der Waals surface area (Å²) in [5.74, 6) is 0. The van der Waals surface area contributed by atoms with E-state index in [-0.39, 0.29) is 31.0 Å². The molecular formula is C3H8NaOS3-. The molecule has 1 nitrogen and oxygen atoms in total. The van der Waals surface area contributed by atoms with Crippen LogP contribution in [-0.4, -0.2) is 6.61 Å². The van der Waals surface area contributed by atoms with Crippen LogP contribution in [0.4, 0.5) is 0 Å². The second-order valence-corrected chi connectivity index (χ2v) is 4.12. The third-order valence-electron chi connectivity index (χ3n) is 0.384. The molecule has 0 amide bonds. The Balaban J connectivity index is -0.000000180. The summed E-state index contributed by atoms with van der Waals surface area (Å²) in [6, 6.07) is 0. The topological polar surface area (TPSA) is 9.23 Å². The molecule has 0 N–H and O–H groups in total. The summed E-state index contributed by atoms with van der Waals surface area (Å²) < 4.78 is 4.85. The van der Waals surface area contributed by atoms with E-state index >= 15 is 0 Å². The molecule has 0 fully saturated rings. The standard InChI is InChI=1S/C3H7OS3.Na.H/c1-2-3-4-7(5)6;;/h2-3H2,1H3;;/q-1;+1;-1. The SMILES string of the molecule is CCCO[S-](=S)=S.[H-].[Na+]. The smallest absolute Gasteiger partial charge is 1.00 e. The molecule has 0 heterocycles. The van der Waals surface area contributed by atoms with Crippen molar-refractivity contribution in [3.8, 4) is 0 Å². The van der Waals surface area contributed by atoms with Crippen LogP contribution in [0, 0.1) is 0 Å². The second kappa shape index (κ2) is 8.75. The Morgan fingerprint density at radius 1 is 1.62 bits per heavy atom. The van der Waals surface area contributed by atoms with Gasteiger partial charge in [0.1, 0.15) is 0 Å². The maximum Gasteiger partial charge on any atom is 1.00 e. The minimum absolute atomic E-state index is 0. The minimum atomic E-state index is -0.649. The van der Waals surface area contributed by atoms with Gasteiger partial charge < -0.3 is 5.61 Å². The van der Waals surface area contributed by atoms with Crippen molar-refractivity contribution in [3.05, 3.63) is 0 Å². The molecule has 0 atom stereocenters. The molecule has 0 aliphatic carbocycles. The van der Waals surface area contributed by atoms with Gasteiger partial charge in [-0.3, -0.25) is 0 Å². The van der Waals surface area contributed by atoms with Gasteiger partial charge in [-0.15, -0.1) is 0 Å². The monoisotopic (exact) mass is 179 g/mol. The second-order valence-electron chi connectivity index (χ2n) is 1.03. The summed E-state index contributed by atoms with van der Waals surface area (Å²) in [6.45, 7) is 2.73. The molecule has 0 aliphatic rings. The van der Waals surface area contributed by atoms with Gasteiger partial charge in [0.05, 0.1) is 0 Å². The van der Waals surface area contributed by atoms with E-state index in [0.29, 0.717) is 6.61 Å². The predicted octanol–water partition coefficient (Wildman–Crippen LogP) is -2.01. The van der Waals surface area contributed by atoms with Gasteiger partial charge in [0.15, 0.2) is 0 Å². The fraction of sp³-hybridized carbons (Fsp3) is 1.00. The number of rotatable bonds is 3. The fourth-order valence-corrected chi connectivity index (χ4v) is 0.862. The number of hydrogen-bond donors (Lipinski definition) is 0. The fourth-order valence-electron chi connectivity index (χ4n) is 0.151. The van der Waals surface area contributed by atoms with Crippen LogP contribution in [0.15, 0.2) is 0 Å². The first kappa shape index (κ1) is 12.4. The van der Waals surface area contributed by atoms with Gasteiger partial charge in [0, 0.05) is 6.61 Å². The average molecular weight is 179 g/mol. The molecule has 0 saturated carbocycles. The van der Waals surface area contributed by atoms with Crippen molar-refractivity contribution in [2.45, 2.75) is 13.3 Å². The molecule has 0 aromatic heterocycles. The first-order chi connectivity index (χ1) is 3.27. The van der Waals surface area contributed by atoms with E-state index in [4.69, 9.17) is 4.18 Å². The van der Waals surface area contributed by atoms with Gasteiger partial charge in [0.25, 0.3) is 0 Å². The Bertz CT molecular complexity index is 97.2. The molecule has 46 valence electrons. The van der Waals surface area contributed by atoms with Crippen molar-refractivity contribution >= 4 is 30.7 Å². The Hall–Kier alpha value is 1.75. The van der Waals surface area contributed by atoms with Crippen molar-refractivity contribution in [2.24, 2.45) is 0 Å². The third kappa shape index (κ3) is 10.7. The van der Waals surface area contributed by atoms with Crippen molar-refractivity contribution in [2.75, 3.05) is 6.61 Å². The van der Waals surface area contributed by atoms with Crippen LogP contribution in [0.1, 0.15) is 14.8 Å². The van der Waals surface area contributed by atoms with Crippen LogP contribution < -0.4 is 29.6 Å². The first-order valence-electron chi connectivity index (χ1n) is 2.00. The summed E-state index contributed by atoms with van der Waals surface area (Å²) in [7, 11) is -0.649. The summed E-state index contributed by atoms with van der Waals surface area (Å²) >= 11 is 9.13. The van der Waals surface area contributed by atoms with Gasteiger partial charge in [-0.25, -0.2) is 30.7 Å². The largest absolute Gasteiger partial charge is 1.00 e. The molecule has 0 radical (unpaired) electrons. The Morgan fingerprint density at radius 3 is 2.25 bits per heavy atom. The predicted molar refractivity (Wildman–Crippen MR) is 39.5 cm³/mol. The summed E-state index contributed by atoms with van der Waals surface area (Å²) in [6.07, 6.45) is 0.997. The molecule has 5 heteroatoms. The van der Waals surface area contributed by atoms with Gasteiger partial charge in [0.2, 0.25) is 0 Å². The van der Waals surface area contributed by atoms with Gasteiger partial charge in [-0.1, -0.05) is 6.92 Å². The zero-order valence-electron chi connectivity index (χ0n) is 6.05. The van der Waals surface area contributed by atoms with Crippen molar-refractivity contribution < 1.29 is 35.2 Å². The van der Waals surface area contributed by atoms with E-state index in [1.807, 2.05) is 6.92 Å². The van der Waals surface area contributed by atoms with Crippen LogP contribution in [0.5, 0.6) is 0 Å². The van der Waals surface area contributed by atoms with Gasteiger partial charge in [-0.05, 0) is 6.42 Å². The molecule has 0 spiro atoms. The molecule has 8 heavy (non-hydrogen) atoms. The van der Waals surface area contributed by atoms with Gasteiger partial charge in [-0.2, -0.15) is 0 Å². The van der Waals surface area contributed by atoms with E-state index in [9.17, 15) is 0 Å². The molecule has 0 saturated heterocycles. The van der Waals surface area contributed by atoms with E-state index in [1.54, 1.807) is 0 Å². The van der Waals surface area contributed by atoms with Crippen molar-refractivity contribution in [1.29, 1.82) is 0 Å². The Labute approximate surface area is 85.0 Å². The minimum Gasteiger partial charge on any atom is -1.00 e. The quantitative estimate of drug-likeness (QED) is 0.366. The van der Waals surface area contributed by atoms with Crippen LogP contribution in [0.25, 0.3) is 0 Å². The summed E-state index contributed by atoms with van der Waals surface area (Å²) in [5.41, 5.74) is 0. The number of hydrogen-bond acceptors (Lipinski definition) is 4. The van der Waals surface area contributed by atoms with E-state index in [1.165, 1.54) is 0 Å². The van der Waals surface area contributed by atoms with E-state index in [0.717, 1.165) is 6.42 Å².